The van der Waals surface area contributed by atoms with Gasteiger partial charge in [0.05, 0.1) is 31.6 Å². The zero-order valence-corrected chi connectivity index (χ0v) is 11.5. The minimum Gasteiger partial charge on any atom is -0.469 e. The molecule has 2 aliphatic rings. The summed E-state index contributed by atoms with van der Waals surface area (Å²) < 4.78 is 9.67. The summed E-state index contributed by atoms with van der Waals surface area (Å²) >= 11 is 6.13. The summed E-state index contributed by atoms with van der Waals surface area (Å²) in [5.41, 5.74) is -0.959. The minimum absolute atomic E-state index is 0.244. The highest BCUT2D eigenvalue weighted by molar-refractivity contribution is 6.31. The van der Waals surface area contributed by atoms with Crippen LogP contribution in [0.5, 0.6) is 0 Å². The quantitative estimate of drug-likeness (QED) is 0.696. The van der Waals surface area contributed by atoms with E-state index in [1.807, 2.05) is 18.0 Å². The molecule has 5 nitrogen and oxygen atoms in total. The van der Waals surface area contributed by atoms with E-state index in [9.17, 15) is 9.59 Å². The highest BCUT2D eigenvalue weighted by Gasteiger charge is 2.66. The fourth-order valence-corrected chi connectivity index (χ4v) is 3.60. The lowest BCUT2D eigenvalue weighted by Crippen LogP contribution is -2.48. The average molecular weight is 274 g/mol. The first-order valence-electron chi connectivity index (χ1n) is 5.65. The molecule has 0 radical (unpaired) electrons. The minimum atomic E-state index is -0.959. The third kappa shape index (κ3) is 1.44. The van der Waals surface area contributed by atoms with Crippen molar-refractivity contribution in [2.24, 2.45) is 11.3 Å². The number of hydrogen-bond donors (Lipinski definition) is 0. The lowest BCUT2D eigenvalue weighted by molar-refractivity contribution is -0.164. The van der Waals surface area contributed by atoms with Gasteiger partial charge >= 0.3 is 11.9 Å². The number of hydrogen-bond acceptors (Lipinski definition) is 5. The van der Waals surface area contributed by atoms with Crippen molar-refractivity contribution in [1.82, 2.24) is 4.90 Å². The molecule has 0 saturated carbocycles. The average Bonchev–Trinajstić information content (AvgIpc) is 2.76. The molecule has 18 heavy (non-hydrogen) atoms. The topological polar surface area (TPSA) is 55.8 Å². The number of fused-ring (bicyclic) bond motifs is 2. The lowest BCUT2D eigenvalue weighted by Gasteiger charge is -2.33. The molecule has 0 aromatic heterocycles. The Kier molecular flexibility index (Phi) is 3.15. The number of methoxy groups -OCH3 is 2. The Morgan fingerprint density at radius 3 is 2.50 bits per heavy atom. The smallest absolute Gasteiger partial charge is 0.314 e. The lowest BCUT2D eigenvalue weighted by atomic mass is 9.70. The van der Waals surface area contributed by atoms with Gasteiger partial charge in [-0.3, -0.25) is 14.5 Å². The molecule has 0 amide bonds. The molecule has 2 aliphatic heterocycles. The zero-order chi connectivity index (χ0) is 13.7. The van der Waals surface area contributed by atoms with Crippen LogP contribution in [0.25, 0.3) is 0 Å². The third-order valence-corrected chi connectivity index (χ3v) is 4.48. The molecule has 0 spiro atoms. The van der Waals surface area contributed by atoms with E-state index in [1.165, 1.54) is 14.2 Å². The van der Waals surface area contributed by atoms with Gasteiger partial charge in [0.2, 0.25) is 0 Å². The molecule has 1 saturated heterocycles. The summed E-state index contributed by atoms with van der Waals surface area (Å²) in [5.74, 6) is -1.49. The number of esters is 2. The molecular formula is C12H16ClNO4. The second-order valence-electron chi connectivity index (χ2n) is 4.88. The number of halogens is 1. The first-order chi connectivity index (χ1) is 8.39. The molecule has 4 atom stereocenters. The van der Waals surface area contributed by atoms with Gasteiger partial charge in [-0.1, -0.05) is 11.6 Å². The normalized spacial score (nSPS) is 38.5. The number of rotatable bonds is 2. The largest absolute Gasteiger partial charge is 0.469 e. The number of likely N-dealkylation sites (N-methyl/N-ethyl adjacent to an activating group) is 1. The van der Waals surface area contributed by atoms with Gasteiger partial charge in [-0.2, -0.15) is 0 Å². The molecule has 2 bridgehead atoms. The zero-order valence-electron chi connectivity index (χ0n) is 10.8. The van der Waals surface area contributed by atoms with Gasteiger partial charge in [0.15, 0.2) is 0 Å². The van der Waals surface area contributed by atoms with Crippen LogP contribution in [0.15, 0.2) is 11.1 Å². The number of carbonyl (C=O) groups excluding carboxylic acids is 2. The van der Waals surface area contributed by atoms with E-state index in [0.717, 1.165) is 0 Å². The molecule has 4 unspecified atom stereocenters. The highest BCUT2D eigenvalue weighted by Crippen LogP contribution is 2.53. The Labute approximate surface area is 111 Å². The maximum atomic E-state index is 12.1. The Hall–Kier alpha value is -1.07. The highest BCUT2D eigenvalue weighted by atomic mass is 35.5. The van der Waals surface area contributed by atoms with Crippen molar-refractivity contribution in [3.63, 3.8) is 0 Å². The van der Waals surface area contributed by atoms with Gasteiger partial charge in [0, 0.05) is 11.1 Å². The molecule has 0 aromatic carbocycles. The fourth-order valence-electron chi connectivity index (χ4n) is 3.21. The third-order valence-electron chi connectivity index (χ3n) is 4.13. The summed E-state index contributed by atoms with van der Waals surface area (Å²) in [6.07, 6.45) is 1.81. The summed E-state index contributed by atoms with van der Waals surface area (Å²) in [4.78, 5) is 26.0. The molecule has 0 aliphatic carbocycles. The Balaban J connectivity index is 2.51. The van der Waals surface area contributed by atoms with Crippen molar-refractivity contribution in [3.05, 3.63) is 11.1 Å². The van der Waals surface area contributed by atoms with Crippen LogP contribution in [-0.2, 0) is 19.1 Å². The molecular weight excluding hydrogens is 258 g/mol. The van der Waals surface area contributed by atoms with E-state index in [-0.39, 0.29) is 12.1 Å². The second-order valence-corrected chi connectivity index (χ2v) is 5.32. The van der Waals surface area contributed by atoms with E-state index >= 15 is 0 Å². The first kappa shape index (κ1) is 13.4. The Morgan fingerprint density at radius 1 is 1.39 bits per heavy atom. The van der Waals surface area contributed by atoms with E-state index < -0.39 is 23.3 Å². The van der Waals surface area contributed by atoms with Crippen molar-refractivity contribution < 1.29 is 19.1 Å². The van der Waals surface area contributed by atoms with Gasteiger partial charge in [-0.05, 0) is 20.0 Å². The monoisotopic (exact) mass is 273 g/mol. The van der Waals surface area contributed by atoms with Gasteiger partial charge in [-0.15, -0.1) is 0 Å². The van der Waals surface area contributed by atoms with Crippen molar-refractivity contribution in [2.45, 2.75) is 19.0 Å². The molecule has 2 rings (SSSR count). The number of ether oxygens (including phenoxy) is 2. The van der Waals surface area contributed by atoms with Gasteiger partial charge < -0.3 is 9.47 Å². The molecule has 6 heteroatoms. The summed E-state index contributed by atoms with van der Waals surface area (Å²) in [6, 6.07) is -0.556. The van der Waals surface area contributed by atoms with Crippen LogP contribution in [0.4, 0.5) is 0 Å². The molecule has 0 N–H and O–H groups in total. The standard InChI is InChI=1S/C12H16ClNO4/c1-12(11(16)18-4)7-5-6(13)9(14(7)2)8(12)10(15)17-3/h5,7-9H,1-4H3. The predicted octanol–water partition coefficient (Wildman–Crippen LogP) is 0.774. The van der Waals surface area contributed by atoms with Crippen molar-refractivity contribution in [3.8, 4) is 0 Å². The van der Waals surface area contributed by atoms with Gasteiger partial charge in [0.1, 0.15) is 0 Å². The maximum Gasteiger partial charge on any atom is 0.314 e. The predicted molar refractivity (Wildman–Crippen MR) is 64.9 cm³/mol. The van der Waals surface area contributed by atoms with Crippen molar-refractivity contribution in [2.75, 3.05) is 21.3 Å². The second kappa shape index (κ2) is 4.24. The van der Waals surface area contributed by atoms with E-state index in [4.69, 9.17) is 21.1 Å². The maximum absolute atomic E-state index is 12.1. The SMILES string of the molecule is COC(=O)C1C2C(Cl)=CC(N2C)C1(C)C(=O)OC. The van der Waals surface area contributed by atoms with Crippen LogP contribution >= 0.6 is 11.6 Å². The Bertz CT molecular complexity index is 436. The molecule has 2 heterocycles. The fraction of sp³-hybridized carbons (Fsp3) is 0.667. The molecule has 0 aromatic rings. The summed E-state index contributed by atoms with van der Waals surface area (Å²) in [5, 5.41) is 0.583. The van der Waals surface area contributed by atoms with Crippen LogP contribution in [0.2, 0.25) is 0 Å². The van der Waals surface area contributed by atoms with E-state index in [0.29, 0.717) is 5.03 Å². The van der Waals surface area contributed by atoms with Crippen molar-refractivity contribution in [1.29, 1.82) is 0 Å². The number of carbonyl (C=O) groups is 2. The summed E-state index contributed by atoms with van der Waals surface area (Å²) in [7, 11) is 4.47. The van der Waals surface area contributed by atoms with Gasteiger partial charge in [-0.25, -0.2) is 0 Å². The summed E-state index contributed by atoms with van der Waals surface area (Å²) in [6.45, 7) is 1.72. The molecule has 1 fully saturated rings. The van der Waals surface area contributed by atoms with Crippen LogP contribution in [-0.4, -0.2) is 50.2 Å². The first-order valence-corrected chi connectivity index (χ1v) is 6.02. The van der Waals surface area contributed by atoms with Crippen LogP contribution in [0.3, 0.4) is 0 Å². The van der Waals surface area contributed by atoms with Gasteiger partial charge in [0.25, 0.3) is 0 Å². The van der Waals surface area contributed by atoms with E-state index in [1.54, 1.807) is 6.92 Å². The number of nitrogens with zero attached hydrogens (tertiary/aromatic N) is 1. The van der Waals surface area contributed by atoms with Crippen LogP contribution in [0, 0.1) is 11.3 Å². The van der Waals surface area contributed by atoms with Crippen LogP contribution in [0.1, 0.15) is 6.92 Å². The molecule has 100 valence electrons. The van der Waals surface area contributed by atoms with Crippen molar-refractivity contribution >= 4 is 23.5 Å². The van der Waals surface area contributed by atoms with Crippen LogP contribution < -0.4 is 0 Å². The Morgan fingerprint density at radius 2 is 2.00 bits per heavy atom. The van der Waals surface area contributed by atoms with E-state index in [2.05, 4.69) is 0 Å².